The van der Waals surface area contributed by atoms with Gasteiger partial charge in [0.05, 0.1) is 6.42 Å². The van der Waals surface area contributed by atoms with Crippen LogP contribution in [-0.2, 0) is 33.7 Å². The van der Waals surface area contributed by atoms with Crippen LogP contribution in [0, 0.1) is 5.82 Å². The fourth-order valence-corrected chi connectivity index (χ4v) is 3.35. The minimum Gasteiger partial charge on any atom is -0.453 e. The van der Waals surface area contributed by atoms with E-state index in [1.807, 2.05) is 18.2 Å². The summed E-state index contributed by atoms with van der Waals surface area (Å²) in [5.74, 6) is -1.50. The highest BCUT2D eigenvalue weighted by Gasteiger charge is 2.19. The number of esters is 1. The van der Waals surface area contributed by atoms with Crippen molar-refractivity contribution in [2.45, 2.75) is 51.7 Å². The molecule has 0 bridgehead atoms. The summed E-state index contributed by atoms with van der Waals surface area (Å²) in [7, 11) is 0. The molecule has 1 aliphatic carbocycles. The number of carbonyl (C=O) groups excluding carboxylic acids is 3. The molecule has 0 aliphatic heterocycles. The second kappa shape index (κ2) is 9.45. The Kier molecular flexibility index (Phi) is 6.75. The summed E-state index contributed by atoms with van der Waals surface area (Å²) in [6.45, 7) is 1.68. The van der Waals surface area contributed by atoms with Gasteiger partial charge in [0.1, 0.15) is 5.82 Å². The summed E-state index contributed by atoms with van der Waals surface area (Å²) < 4.78 is 18.0. The van der Waals surface area contributed by atoms with Crippen LogP contribution in [0.4, 0.5) is 4.39 Å². The second-order valence-corrected chi connectivity index (χ2v) is 7.24. The number of benzene rings is 2. The molecule has 152 valence electrons. The predicted molar refractivity (Wildman–Crippen MR) is 106 cm³/mol. The molecule has 1 N–H and O–H groups in total. The molecule has 1 amide bonds. The lowest BCUT2D eigenvalue weighted by Crippen LogP contribution is -2.35. The minimum atomic E-state index is -0.974. The molecule has 3 rings (SSSR count). The van der Waals surface area contributed by atoms with Gasteiger partial charge in [-0.2, -0.15) is 0 Å². The maximum atomic E-state index is 12.9. The second-order valence-electron chi connectivity index (χ2n) is 7.24. The number of Topliss-reactive ketones (excluding diaryl/α,β-unsaturated/α-hetero) is 1. The van der Waals surface area contributed by atoms with Crippen LogP contribution in [0.1, 0.15) is 53.2 Å². The number of carbonyl (C=O) groups is 3. The number of rotatable bonds is 8. The Morgan fingerprint density at radius 3 is 2.52 bits per heavy atom. The zero-order valence-electron chi connectivity index (χ0n) is 16.4. The fourth-order valence-electron chi connectivity index (χ4n) is 3.35. The third-order valence-corrected chi connectivity index (χ3v) is 5.03. The lowest BCUT2D eigenvalue weighted by Gasteiger charge is -2.13. The van der Waals surface area contributed by atoms with Gasteiger partial charge in [-0.3, -0.25) is 14.4 Å². The van der Waals surface area contributed by atoms with Crippen molar-refractivity contribution >= 4 is 17.7 Å². The highest BCUT2D eigenvalue weighted by Crippen LogP contribution is 2.23. The van der Waals surface area contributed by atoms with Crippen molar-refractivity contribution < 1.29 is 23.5 Å². The maximum absolute atomic E-state index is 12.9. The van der Waals surface area contributed by atoms with Crippen LogP contribution in [0.2, 0.25) is 0 Å². The number of halogens is 1. The summed E-state index contributed by atoms with van der Waals surface area (Å²) in [6.07, 6.45) is 2.14. The van der Waals surface area contributed by atoms with Crippen LogP contribution in [0.25, 0.3) is 0 Å². The standard InChI is InChI=1S/C23H24FNO4/c1-15(23(28)25-14-16-5-9-20(24)10-6-16)29-22(27)12-11-21(26)19-8-7-17-3-2-4-18(17)13-19/h5-10,13,15H,2-4,11-12,14H2,1H3,(H,25,28)/t15-/m1/s1. The lowest BCUT2D eigenvalue weighted by atomic mass is 10.0. The lowest BCUT2D eigenvalue weighted by molar-refractivity contribution is -0.154. The Bertz CT molecular complexity index is 908. The van der Waals surface area contributed by atoms with Gasteiger partial charge in [0, 0.05) is 18.5 Å². The molecular weight excluding hydrogens is 373 g/mol. The van der Waals surface area contributed by atoms with Crippen molar-refractivity contribution in [2.75, 3.05) is 0 Å². The highest BCUT2D eigenvalue weighted by molar-refractivity contribution is 5.98. The highest BCUT2D eigenvalue weighted by atomic mass is 19.1. The van der Waals surface area contributed by atoms with Gasteiger partial charge in [-0.25, -0.2) is 4.39 Å². The third-order valence-electron chi connectivity index (χ3n) is 5.03. The maximum Gasteiger partial charge on any atom is 0.307 e. The number of nitrogens with one attached hydrogen (secondary N) is 1. The molecule has 0 unspecified atom stereocenters. The number of amides is 1. The van der Waals surface area contributed by atoms with Gasteiger partial charge >= 0.3 is 5.97 Å². The van der Waals surface area contributed by atoms with Crippen LogP contribution in [0.3, 0.4) is 0 Å². The van der Waals surface area contributed by atoms with Crippen LogP contribution < -0.4 is 5.32 Å². The SMILES string of the molecule is C[C@@H](OC(=O)CCC(=O)c1ccc2c(c1)CCC2)C(=O)NCc1ccc(F)cc1. The van der Waals surface area contributed by atoms with Gasteiger partial charge in [-0.05, 0) is 61.1 Å². The van der Waals surface area contributed by atoms with E-state index in [1.165, 1.54) is 30.2 Å². The van der Waals surface area contributed by atoms with Crippen LogP contribution >= 0.6 is 0 Å². The van der Waals surface area contributed by atoms with Crippen molar-refractivity contribution in [3.05, 3.63) is 70.5 Å². The Labute approximate surface area is 169 Å². The van der Waals surface area contributed by atoms with Crippen molar-refractivity contribution in [1.29, 1.82) is 0 Å². The van der Waals surface area contributed by atoms with Crippen molar-refractivity contribution in [3.63, 3.8) is 0 Å². The van der Waals surface area contributed by atoms with Crippen molar-refractivity contribution in [2.24, 2.45) is 0 Å². The summed E-state index contributed by atoms with van der Waals surface area (Å²) >= 11 is 0. The molecule has 6 heteroatoms. The minimum absolute atomic E-state index is 0.0432. The molecule has 0 aromatic heterocycles. The van der Waals surface area contributed by atoms with Crippen LogP contribution in [0.5, 0.6) is 0 Å². The molecule has 5 nitrogen and oxygen atoms in total. The molecule has 0 saturated heterocycles. The number of hydrogen-bond acceptors (Lipinski definition) is 4. The Morgan fingerprint density at radius 2 is 1.76 bits per heavy atom. The quantitative estimate of drug-likeness (QED) is 0.546. The van der Waals surface area contributed by atoms with E-state index < -0.39 is 18.0 Å². The van der Waals surface area contributed by atoms with E-state index in [1.54, 1.807) is 12.1 Å². The molecule has 29 heavy (non-hydrogen) atoms. The fraction of sp³-hybridized carbons (Fsp3) is 0.348. The summed E-state index contributed by atoms with van der Waals surface area (Å²) in [5, 5.41) is 2.63. The van der Waals surface area contributed by atoms with Gasteiger partial charge in [-0.15, -0.1) is 0 Å². The van der Waals surface area contributed by atoms with E-state index in [-0.39, 0.29) is 31.0 Å². The molecule has 2 aromatic carbocycles. The Balaban J connectivity index is 1.41. The summed E-state index contributed by atoms with van der Waals surface area (Å²) in [6, 6.07) is 11.5. The number of hydrogen-bond donors (Lipinski definition) is 1. The smallest absolute Gasteiger partial charge is 0.307 e. The number of ketones is 1. The van der Waals surface area contributed by atoms with Gasteiger partial charge in [0.25, 0.3) is 5.91 Å². The molecule has 0 spiro atoms. The summed E-state index contributed by atoms with van der Waals surface area (Å²) in [4.78, 5) is 36.4. The Hall–Kier alpha value is -3.02. The molecule has 2 aromatic rings. The average Bonchev–Trinajstić information content (AvgIpc) is 3.19. The van der Waals surface area contributed by atoms with Gasteiger partial charge in [0.2, 0.25) is 0 Å². The Morgan fingerprint density at radius 1 is 1.03 bits per heavy atom. The van der Waals surface area contributed by atoms with E-state index in [0.717, 1.165) is 24.8 Å². The zero-order valence-corrected chi connectivity index (χ0v) is 16.4. The van der Waals surface area contributed by atoms with Crippen molar-refractivity contribution in [1.82, 2.24) is 5.32 Å². The molecule has 0 heterocycles. The molecule has 1 aliphatic rings. The molecule has 0 fully saturated rings. The van der Waals surface area contributed by atoms with Crippen LogP contribution in [0.15, 0.2) is 42.5 Å². The molecule has 1 atom stereocenters. The van der Waals surface area contributed by atoms with Crippen LogP contribution in [-0.4, -0.2) is 23.8 Å². The largest absolute Gasteiger partial charge is 0.453 e. The van der Waals surface area contributed by atoms with E-state index in [2.05, 4.69) is 5.32 Å². The van der Waals surface area contributed by atoms with Gasteiger partial charge in [0.15, 0.2) is 11.9 Å². The number of aryl methyl sites for hydroxylation is 2. The van der Waals surface area contributed by atoms with E-state index >= 15 is 0 Å². The first-order chi connectivity index (χ1) is 13.9. The van der Waals surface area contributed by atoms with Gasteiger partial charge in [-0.1, -0.05) is 24.3 Å². The monoisotopic (exact) mass is 397 g/mol. The molecule has 0 saturated carbocycles. The topological polar surface area (TPSA) is 72.5 Å². The zero-order chi connectivity index (χ0) is 20.8. The third kappa shape index (κ3) is 5.73. The first-order valence-electron chi connectivity index (χ1n) is 9.79. The summed E-state index contributed by atoms with van der Waals surface area (Å²) in [5.41, 5.74) is 3.85. The number of fused-ring (bicyclic) bond motifs is 1. The first kappa shape index (κ1) is 20.7. The first-order valence-corrected chi connectivity index (χ1v) is 9.79. The van der Waals surface area contributed by atoms with Gasteiger partial charge < -0.3 is 10.1 Å². The average molecular weight is 397 g/mol. The normalized spacial score (nSPS) is 13.4. The van der Waals surface area contributed by atoms with Crippen molar-refractivity contribution in [3.8, 4) is 0 Å². The molecular formula is C23H24FNO4. The van der Waals surface area contributed by atoms with E-state index in [0.29, 0.717) is 5.56 Å². The number of ether oxygens (including phenoxy) is 1. The molecule has 0 radical (unpaired) electrons. The van der Waals surface area contributed by atoms with E-state index in [4.69, 9.17) is 4.74 Å². The van der Waals surface area contributed by atoms with E-state index in [9.17, 15) is 18.8 Å². The predicted octanol–water partition coefficient (Wildman–Crippen LogP) is 3.53.